The van der Waals surface area contributed by atoms with Crippen LogP contribution in [-0.2, 0) is 0 Å². The molecule has 2 heteroatoms. The first-order valence-corrected chi connectivity index (χ1v) is 7.01. The third-order valence-corrected chi connectivity index (χ3v) is 5.14. The van der Waals surface area contributed by atoms with Crippen molar-refractivity contribution >= 4 is 0 Å². The van der Waals surface area contributed by atoms with Crippen LogP contribution >= 0.6 is 0 Å². The quantitative estimate of drug-likeness (QED) is 0.760. The second kappa shape index (κ2) is 5.05. The molecule has 0 aliphatic heterocycles. The number of hydrogen-bond donors (Lipinski definition) is 2. The van der Waals surface area contributed by atoms with Crippen molar-refractivity contribution in [3.63, 3.8) is 0 Å². The van der Waals surface area contributed by atoms with Crippen LogP contribution in [-0.4, -0.2) is 22.4 Å². The molecule has 2 saturated carbocycles. The van der Waals surface area contributed by atoms with Crippen LogP contribution in [0.2, 0.25) is 0 Å². The maximum atomic E-state index is 10.5. The van der Waals surface area contributed by atoms with Crippen molar-refractivity contribution in [1.29, 1.82) is 0 Å². The van der Waals surface area contributed by atoms with Crippen molar-refractivity contribution in [2.24, 2.45) is 23.7 Å². The molecule has 2 aliphatic carbocycles. The molecule has 6 unspecified atom stereocenters. The summed E-state index contributed by atoms with van der Waals surface area (Å²) in [5, 5.41) is 20.6. The summed E-state index contributed by atoms with van der Waals surface area (Å²) in [5.74, 6) is 1.75. The third kappa shape index (κ3) is 2.14. The van der Waals surface area contributed by atoms with Crippen LogP contribution in [0.3, 0.4) is 0 Å². The van der Waals surface area contributed by atoms with Gasteiger partial charge in [0, 0.05) is 5.92 Å². The van der Waals surface area contributed by atoms with E-state index in [2.05, 4.69) is 13.8 Å². The lowest BCUT2D eigenvalue weighted by atomic mass is 9.78. The average Bonchev–Trinajstić information content (AvgIpc) is 2.55. The Morgan fingerprint density at radius 2 is 1.88 bits per heavy atom. The molecular weight excluding hydrogens is 200 g/mol. The van der Waals surface area contributed by atoms with Crippen LogP contribution < -0.4 is 0 Å². The fraction of sp³-hybridized carbons (Fsp3) is 1.00. The van der Waals surface area contributed by atoms with Gasteiger partial charge in [-0.3, -0.25) is 0 Å². The zero-order chi connectivity index (χ0) is 11.7. The molecule has 0 aromatic rings. The minimum absolute atomic E-state index is 0.168. The van der Waals surface area contributed by atoms with Gasteiger partial charge in [0.25, 0.3) is 0 Å². The number of fused-ring (bicyclic) bond motifs is 1. The predicted octanol–water partition coefficient (Wildman–Crippen LogP) is 2.58. The van der Waals surface area contributed by atoms with Gasteiger partial charge < -0.3 is 10.2 Å². The van der Waals surface area contributed by atoms with Crippen molar-refractivity contribution in [3.8, 4) is 0 Å². The van der Waals surface area contributed by atoms with Crippen molar-refractivity contribution in [1.82, 2.24) is 0 Å². The highest BCUT2D eigenvalue weighted by Crippen LogP contribution is 2.45. The SMILES string of the molecule is CCC(C)C1CCCC2CCC(O)C2C1O. The molecule has 2 fully saturated rings. The Bertz CT molecular complexity index is 229. The number of aliphatic hydroxyl groups excluding tert-OH is 2. The molecule has 0 radical (unpaired) electrons. The summed E-state index contributed by atoms with van der Waals surface area (Å²) in [6.07, 6.45) is 6.25. The van der Waals surface area contributed by atoms with Gasteiger partial charge in [-0.15, -0.1) is 0 Å². The van der Waals surface area contributed by atoms with Gasteiger partial charge in [0.1, 0.15) is 0 Å². The molecule has 0 aromatic heterocycles. The van der Waals surface area contributed by atoms with Gasteiger partial charge in [-0.25, -0.2) is 0 Å². The van der Waals surface area contributed by atoms with Crippen molar-refractivity contribution in [2.45, 2.75) is 64.6 Å². The Morgan fingerprint density at radius 3 is 2.56 bits per heavy atom. The molecule has 2 aliphatic rings. The van der Waals surface area contributed by atoms with E-state index < -0.39 is 0 Å². The minimum Gasteiger partial charge on any atom is -0.393 e. The normalized spacial score (nSPS) is 46.1. The van der Waals surface area contributed by atoms with Gasteiger partial charge >= 0.3 is 0 Å². The summed E-state index contributed by atoms with van der Waals surface area (Å²) in [4.78, 5) is 0. The first kappa shape index (κ1) is 12.4. The molecule has 6 atom stereocenters. The van der Waals surface area contributed by atoms with Crippen molar-refractivity contribution in [3.05, 3.63) is 0 Å². The Kier molecular flexibility index (Phi) is 3.91. The molecule has 16 heavy (non-hydrogen) atoms. The Hall–Kier alpha value is -0.0800. The summed E-state index contributed by atoms with van der Waals surface area (Å²) >= 11 is 0. The monoisotopic (exact) mass is 226 g/mol. The fourth-order valence-electron chi connectivity index (χ4n) is 3.92. The number of rotatable bonds is 2. The number of aliphatic hydroxyl groups is 2. The summed E-state index contributed by atoms with van der Waals surface area (Å²) in [6.45, 7) is 4.44. The van der Waals surface area contributed by atoms with E-state index in [-0.39, 0.29) is 18.1 Å². The topological polar surface area (TPSA) is 40.5 Å². The lowest BCUT2D eigenvalue weighted by Crippen LogP contribution is -2.38. The van der Waals surface area contributed by atoms with Gasteiger partial charge in [0.05, 0.1) is 12.2 Å². The standard InChI is InChI=1S/C14H26O2/c1-3-9(2)11-6-4-5-10-7-8-12(15)13(10)14(11)16/h9-16H,3-8H2,1-2H3. The van der Waals surface area contributed by atoms with Crippen LogP contribution in [0.4, 0.5) is 0 Å². The summed E-state index contributed by atoms with van der Waals surface area (Å²) in [6, 6.07) is 0. The van der Waals surface area contributed by atoms with Crippen molar-refractivity contribution < 1.29 is 10.2 Å². The van der Waals surface area contributed by atoms with E-state index in [1.807, 2.05) is 0 Å². The van der Waals surface area contributed by atoms with Crippen LogP contribution in [0.25, 0.3) is 0 Å². The Morgan fingerprint density at radius 1 is 1.12 bits per heavy atom. The lowest BCUT2D eigenvalue weighted by Gasteiger charge is -2.32. The number of hydrogen-bond acceptors (Lipinski definition) is 2. The Labute approximate surface area is 99.1 Å². The maximum absolute atomic E-state index is 10.5. The van der Waals surface area contributed by atoms with E-state index in [4.69, 9.17) is 0 Å². The highest BCUT2D eigenvalue weighted by molar-refractivity contribution is 4.94. The van der Waals surface area contributed by atoms with E-state index in [1.54, 1.807) is 0 Å². The van der Waals surface area contributed by atoms with Crippen LogP contribution in [0.15, 0.2) is 0 Å². The molecule has 0 saturated heterocycles. The summed E-state index contributed by atoms with van der Waals surface area (Å²) < 4.78 is 0. The molecule has 2 nitrogen and oxygen atoms in total. The van der Waals surface area contributed by atoms with E-state index in [9.17, 15) is 10.2 Å². The van der Waals surface area contributed by atoms with Crippen LogP contribution in [0.1, 0.15) is 52.4 Å². The molecule has 0 amide bonds. The molecule has 0 bridgehead atoms. The first-order chi connectivity index (χ1) is 7.65. The van der Waals surface area contributed by atoms with Crippen LogP contribution in [0, 0.1) is 23.7 Å². The lowest BCUT2D eigenvalue weighted by molar-refractivity contribution is -0.0278. The van der Waals surface area contributed by atoms with Gasteiger partial charge in [-0.05, 0) is 43.4 Å². The summed E-state index contributed by atoms with van der Waals surface area (Å²) in [7, 11) is 0. The molecule has 2 rings (SSSR count). The van der Waals surface area contributed by atoms with Gasteiger partial charge in [-0.1, -0.05) is 26.7 Å². The first-order valence-electron chi connectivity index (χ1n) is 7.01. The zero-order valence-electron chi connectivity index (χ0n) is 10.6. The summed E-state index contributed by atoms with van der Waals surface area (Å²) in [5.41, 5.74) is 0. The smallest absolute Gasteiger partial charge is 0.0626 e. The largest absolute Gasteiger partial charge is 0.393 e. The van der Waals surface area contributed by atoms with Crippen LogP contribution in [0.5, 0.6) is 0 Å². The van der Waals surface area contributed by atoms with E-state index in [0.29, 0.717) is 17.8 Å². The maximum Gasteiger partial charge on any atom is 0.0626 e. The molecule has 0 spiro atoms. The second-order valence-corrected chi connectivity index (χ2v) is 5.95. The highest BCUT2D eigenvalue weighted by Gasteiger charge is 2.44. The van der Waals surface area contributed by atoms with E-state index >= 15 is 0 Å². The third-order valence-electron chi connectivity index (χ3n) is 5.14. The van der Waals surface area contributed by atoms with E-state index in [1.165, 1.54) is 12.8 Å². The molecule has 0 heterocycles. The van der Waals surface area contributed by atoms with Gasteiger partial charge in [0.2, 0.25) is 0 Å². The highest BCUT2D eigenvalue weighted by atomic mass is 16.3. The molecule has 94 valence electrons. The molecule has 2 N–H and O–H groups in total. The minimum atomic E-state index is -0.264. The zero-order valence-corrected chi connectivity index (χ0v) is 10.6. The Balaban J connectivity index is 2.12. The predicted molar refractivity (Wildman–Crippen MR) is 65.0 cm³/mol. The average molecular weight is 226 g/mol. The molecular formula is C14H26O2. The van der Waals surface area contributed by atoms with Crippen molar-refractivity contribution in [2.75, 3.05) is 0 Å². The molecule has 0 aromatic carbocycles. The second-order valence-electron chi connectivity index (χ2n) is 5.95. The van der Waals surface area contributed by atoms with Gasteiger partial charge in [-0.2, -0.15) is 0 Å². The van der Waals surface area contributed by atoms with E-state index in [0.717, 1.165) is 25.7 Å². The van der Waals surface area contributed by atoms with Gasteiger partial charge in [0.15, 0.2) is 0 Å². The fourth-order valence-corrected chi connectivity index (χ4v) is 3.92.